The van der Waals surface area contributed by atoms with Crippen LogP contribution >= 0.6 is 0 Å². The summed E-state index contributed by atoms with van der Waals surface area (Å²) in [6.07, 6.45) is 1.81. The van der Waals surface area contributed by atoms with Gasteiger partial charge in [-0.25, -0.2) is 15.0 Å². The minimum Gasteiger partial charge on any atom is -0.456 e. The first-order valence-electron chi connectivity index (χ1n) is 14.2. The number of aromatic nitrogens is 4. The summed E-state index contributed by atoms with van der Waals surface area (Å²) in [6, 6.07) is 43.5. The van der Waals surface area contributed by atoms with Gasteiger partial charge in [0.2, 0.25) is 0 Å². The van der Waals surface area contributed by atoms with E-state index in [-0.39, 0.29) is 0 Å². The number of furan rings is 1. The lowest BCUT2D eigenvalue weighted by Gasteiger charge is -2.10. The van der Waals surface area contributed by atoms with E-state index < -0.39 is 0 Å². The smallest absolute Gasteiger partial charge is 0.164 e. The Labute approximate surface area is 246 Å². The fraction of sp³-hybridized carbons (Fsp3) is 0. The zero-order valence-corrected chi connectivity index (χ0v) is 22.9. The van der Waals surface area contributed by atoms with Gasteiger partial charge in [-0.2, -0.15) is 0 Å². The summed E-state index contributed by atoms with van der Waals surface area (Å²) in [5, 5.41) is 7.73. The number of fused-ring (bicyclic) bond motifs is 7. The van der Waals surface area contributed by atoms with Crippen molar-refractivity contribution in [3.63, 3.8) is 0 Å². The molecule has 0 saturated carbocycles. The highest BCUT2D eigenvalue weighted by molar-refractivity contribution is 6.15. The minimum absolute atomic E-state index is 0.594. The first-order chi connectivity index (χ1) is 21.3. The van der Waals surface area contributed by atoms with Gasteiger partial charge in [0, 0.05) is 39.0 Å². The highest BCUT2D eigenvalue weighted by atomic mass is 16.3. The van der Waals surface area contributed by atoms with Crippen LogP contribution in [0.1, 0.15) is 0 Å². The molecule has 0 N–H and O–H groups in total. The van der Waals surface area contributed by atoms with Gasteiger partial charge >= 0.3 is 0 Å². The van der Waals surface area contributed by atoms with Crippen LogP contribution in [0.15, 0.2) is 138 Å². The zero-order chi connectivity index (χ0) is 28.3. The van der Waals surface area contributed by atoms with Gasteiger partial charge in [0.05, 0.1) is 5.52 Å². The van der Waals surface area contributed by atoms with Crippen molar-refractivity contribution in [3.8, 4) is 34.2 Å². The predicted octanol–water partition coefficient (Wildman–Crippen LogP) is 9.63. The third-order valence-electron chi connectivity index (χ3n) is 8.13. The van der Waals surface area contributed by atoms with E-state index in [1.165, 1.54) is 21.5 Å². The van der Waals surface area contributed by atoms with Crippen LogP contribution < -0.4 is 0 Å². The van der Waals surface area contributed by atoms with Crippen LogP contribution in [0.5, 0.6) is 0 Å². The number of nitrogens with zero attached hydrogens (tertiary/aromatic N) is 4. The van der Waals surface area contributed by atoms with Gasteiger partial charge in [-0.15, -0.1) is 0 Å². The summed E-state index contributed by atoms with van der Waals surface area (Å²) in [6.45, 7) is 0. The van der Waals surface area contributed by atoms with Crippen molar-refractivity contribution in [2.75, 3.05) is 0 Å². The van der Waals surface area contributed by atoms with Crippen LogP contribution in [0.2, 0.25) is 0 Å². The lowest BCUT2D eigenvalue weighted by Crippen LogP contribution is -2.00. The van der Waals surface area contributed by atoms with Crippen molar-refractivity contribution in [3.05, 3.63) is 134 Å². The van der Waals surface area contributed by atoms with Crippen molar-refractivity contribution < 1.29 is 4.42 Å². The molecule has 0 saturated heterocycles. The van der Waals surface area contributed by atoms with Gasteiger partial charge in [0.25, 0.3) is 0 Å². The van der Waals surface area contributed by atoms with Crippen LogP contribution in [0.25, 0.3) is 88.5 Å². The van der Waals surface area contributed by atoms with Crippen molar-refractivity contribution in [1.82, 2.24) is 19.9 Å². The second-order valence-electron chi connectivity index (χ2n) is 10.7. The van der Waals surface area contributed by atoms with Gasteiger partial charge in [0.1, 0.15) is 11.2 Å². The summed E-state index contributed by atoms with van der Waals surface area (Å²) < 4.78 is 6.34. The summed E-state index contributed by atoms with van der Waals surface area (Å²) in [4.78, 5) is 19.7. The molecule has 0 fully saturated rings. The van der Waals surface area contributed by atoms with Crippen molar-refractivity contribution in [2.45, 2.75) is 0 Å². The van der Waals surface area contributed by atoms with Crippen molar-refractivity contribution in [1.29, 1.82) is 0 Å². The first kappa shape index (κ1) is 23.7. The average Bonchev–Trinajstić information content (AvgIpc) is 3.44. The molecule has 0 aliphatic heterocycles. The molecule has 5 heteroatoms. The maximum Gasteiger partial charge on any atom is 0.164 e. The second-order valence-corrected chi connectivity index (χ2v) is 10.7. The van der Waals surface area contributed by atoms with Gasteiger partial charge in [-0.05, 0) is 51.9 Å². The molecule has 3 heterocycles. The third kappa shape index (κ3) is 3.86. The largest absolute Gasteiger partial charge is 0.456 e. The van der Waals surface area contributed by atoms with Gasteiger partial charge in [-0.3, -0.25) is 4.98 Å². The van der Waals surface area contributed by atoms with Gasteiger partial charge in [-0.1, -0.05) is 97.1 Å². The minimum atomic E-state index is 0.594. The molecule has 0 radical (unpaired) electrons. The topological polar surface area (TPSA) is 64.7 Å². The van der Waals surface area contributed by atoms with E-state index in [2.05, 4.69) is 77.8 Å². The molecule has 0 unspecified atom stereocenters. The molecule has 3 aromatic heterocycles. The van der Waals surface area contributed by atoms with E-state index in [0.717, 1.165) is 49.5 Å². The fourth-order valence-electron chi connectivity index (χ4n) is 6.06. The number of benzene rings is 6. The van der Waals surface area contributed by atoms with Crippen molar-refractivity contribution >= 4 is 54.4 Å². The molecule has 0 aliphatic carbocycles. The Hall–Kier alpha value is -5.94. The first-order valence-corrected chi connectivity index (χ1v) is 14.2. The Morgan fingerprint density at radius 2 is 1.19 bits per heavy atom. The monoisotopic (exact) mass is 550 g/mol. The molecule has 0 atom stereocenters. The zero-order valence-electron chi connectivity index (χ0n) is 22.9. The van der Waals surface area contributed by atoms with Crippen LogP contribution in [0.3, 0.4) is 0 Å². The Morgan fingerprint density at radius 3 is 2.09 bits per heavy atom. The molecule has 5 nitrogen and oxygen atoms in total. The maximum atomic E-state index is 6.34. The molecule has 43 heavy (non-hydrogen) atoms. The van der Waals surface area contributed by atoms with Gasteiger partial charge < -0.3 is 4.42 Å². The quantitative estimate of drug-likeness (QED) is 0.205. The summed E-state index contributed by atoms with van der Waals surface area (Å²) >= 11 is 0. The maximum absolute atomic E-state index is 6.34. The molecule has 0 spiro atoms. The summed E-state index contributed by atoms with van der Waals surface area (Å²) in [7, 11) is 0. The molecule has 9 rings (SSSR count). The number of pyridine rings is 1. The molecule has 200 valence electrons. The normalized spacial score (nSPS) is 11.7. The van der Waals surface area contributed by atoms with E-state index in [4.69, 9.17) is 19.4 Å². The van der Waals surface area contributed by atoms with Crippen molar-refractivity contribution in [2.24, 2.45) is 0 Å². The Bertz CT molecular complexity index is 2520. The number of hydrogen-bond acceptors (Lipinski definition) is 5. The predicted molar refractivity (Wildman–Crippen MR) is 174 cm³/mol. The fourth-order valence-corrected chi connectivity index (χ4v) is 6.06. The molecule has 0 aliphatic rings. The molecule has 9 aromatic rings. The molecule has 6 aromatic carbocycles. The van der Waals surface area contributed by atoms with Gasteiger partial charge in [0.15, 0.2) is 17.5 Å². The highest BCUT2D eigenvalue weighted by Gasteiger charge is 2.18. The second kappa shape index (κ2) is 9.29. The van der Waals surface area contributed by atoms with E-state index in [1.54, 1.807) is 0 Å². The van der Waals surface area contributed by atoms with E-state index in [1.807, 2.05) is 60.8 Å². The Morgan fingerprint density at radius 1 is 0.442 bits per heavy atom. The molecular formula is C38H22N4O. The average molecular weight is 551 g/mol. The molecule has 0 amide bonds. The molecular weight excluding hydrogens is 528 g/mol. The van der Waals surface area contributed by atoms with E-state index in [9.17, 15) is 0 Å². The van der Waals surface area contributed by atoms with Crippen LogP contribution in [-0.4, -0.2) is 19.9 Å². The van der Waals surface area contributed by atoms with Crippen LogP contribution in [-0.2, 0) is 0 Å². The summed E-state index contributed by atoms with van der Waals surface area (Å²) in [5.41, 5.74) is 5.25. The number of rotatable bonds is 3. The number of hydrogen-bond donors (Lipinski definition) is 0. The Kier molecular flexibility index (Phi) is 5.13. The van der Waals surface area contributed by atoms with Crippen LogP contribution in [0.4, 0.5) is 0 Å². The standard InChI is InChI=1S/C38H22N4O/c1-2-9-25(10-3-1)36-40-37(27-18-17-24-16-15-23-8-4-5-12-28(23)30(24)20-27)42-38(41-36)29-13-6-14-33-35(29)31-22-32-26(11-7-19-39-32)21-34(31)43-33/h1-22H. The Balaban J connectivity index is 1.32. The third-order valence-corrected chi connectivity index (χ3v) is 8.13. The highest BCUT2D eigenvalue weighted by Crippen LogP contribution is 2.38. The van der Waals surface area contributed by atoms with E-state index in [0.29, 0.717) is 17.5 Å². The van der Waals surface area contributed by atoms with E-state index >= 15 is 0 Å². The summed E-state index contributed by atoms with van der Waals surface area (Å²) in [5.74, 6) is 1.84. The molecule has 0 bridgehead atoms. The van der Waals surface area contributed by atoms with Crippen LogP contribution in [0, 0.1) is 0 Å². The lowest BCUT2D eigenvalue weighted by molar-refractivity contribution is 0.669. The lowest BCUT2D eigenvalue weighted by atomic mass is 9.99. The SMILES string of the molecule is c1ccc(-c2nc(-c3ccc4ccc5ccccc5c4c3)nc(-c3cccc4oc5cc6cccnc6cc5c34)n2)cc1.